The predicted octanol–water partition coefficient (Wildman–Crippen LogP) is 3.16. The Bertz CT molecular complexity index is 235. The molecule has 0 aromatic heterocycles. The molecule has 0 amide bonds. The Labute approximate surface area is 74.6 Å². The molecule has 1 aromatic rings. The van der Waals surface area contributed by atoms with Crippen LogP contribution in [0.25, 0.3) is 0 Å². The Balaban J connectivity index is 2.86. The molecule has 0 fully saturated rings. The second-order valence-corrected chi connectivity index (χ2v) is 2.99. The third-order valence-corrected chi connectivity index (χ3v) is 2.36. The van der Waals surface area contributed by atoms with Crippen molar-refractivity contribution in [3.63, 3.8) is 0 Å². The quantitative estimate of drug-likeness (QED) is 0.666. The minimum Gasteiger partial charge on any atom is -0.207 e. The SMILES string of the molecule is C[C](CBr)c1cccc(F)c1. The molecule has 0 N–H and O–H groups in total. The van der Waals surface area contributed by atoms with Crippen LogP contribution in [0.5, 0.6) is 0 Å². The summed E-state index contributed by atoms with van der Waals surface area (Å²) in [5, 5.41) is 0.788. The van der Waals surface area contributed by atoms with Gasteiger partial charge in [-0.15, -0.1) is 0 Å². The van der Waals surface area contributed by atoms with E-state index < -0.39 is 0 Å². The van der Waals surface area contributed by atoms with Crippen LogP contribution < -0.4 is 0 Å². The smallest absolute Gasteiger partial charge is 0.123 e. The molecule has 0 nitrogen and oxygen atoms in total. The second kappa shape index (κ2) is 3.86. The van der Waals surface area contributed by atoms with E-state index in [9.17, 15) is 4.39 Å². The lowest BCUT2D eigenvalue weighted by atomic mass is 10.0. The van der Waals surface area contributed by atoms with E-state index in [0.717, 1.165) is 16.8 Å². The van der Waals surface area contributed by atoms with E-state index in [1.54, 1.807) is 6.07 Å². The lowest BCUT2D eigenvalue weighted by molar-refractivity contribution is 0.626. The normalized spacial score (nSPS) is 10.5. The van der Waals surface area contributed by atoms with Gasteiger partial charge in [-0.2, -0.15) is 0 Å². The molecule has 0 heterocycles. The van der Waals surface area contributed by atoms with Gasteiger partial charge in [0.15, 0.2) is 0 Å². The minimum atomic E-state index is -0.178. The van der Waals surface area contributed by atoms with E-state index in [2.05, 4.69) is 15.9 Å². The average molecular weight is 216 g/mol. The van der Waals surface area contributed by atoms with Crippen molar-refractivity contribution in [1.82, 2.24) is 0 Å². The molecule has 0 aliphatic carbocycles. The second-order valence-electron chi connectivity index (χ2n) is 2.42. The minimum absolute atomic E-state index is 0.178. The molecule has 0 atom stereocenters. The Morgan fingerprint density at radius 1 is 1.55 bits per heavy atom. The Morgan fingerprint density at radius 3 is 2.82 bits per heavy atom. The number of halogens is 2. The zero-order valence-electron chi connectivity index (χ0n) is 6.27. The highest BCUT2D eigenvalue weighted by atomic mass is 79.9. The molecular formula is C9H9BrF. The molecular weight excluding hydrogens is 207 g/mol. The van der Waals surface area contributed by atoms with Gasteiger partial charge in [0.1, 0.15) is 5.82 Å². The first-order valence-corrected chi connectivity index (χ1v) is 4.50. The van der Waals surface area contributed by atoms with Gasteiger partial charge >= 0.3 is 0 Å². The first kappa shape index (κ1) is 8.72. The molecule has 0 unspecified atom stereocenters. The zero-order valence-corrected chi connectivity index (χ0v) is 7.86. The van der Waals surface area contributed by atoms with E-state index in [1.807, 2.05) is 13.0 Å². The van der Waals surface area contributed by atoms with Crippen LogP contribution in [0.1, 0.15) is 12.5 Å². The van der Waals surface area contributed by atoms with Crippen molar-refractivity contribution < 1.29 is 4.39 Å². The zero-order chi connectivity index (χ0) is 8.27. The van der Waals surface area contributed by atoms with E-state index in [0.29, 0.717) is 0 Å². The highest BCUT2D eigenvalue weighted by Crippen LogP contribution is 2.16. The van der Waals surface area contributed by atoms with Gasteiger partial charge < -0.3 is 0 Å². The maximum Gasteiger partial charge on any atom is 0.123 e. The summed E-state index contributed by atoms with van der Waals surface area (Å²) in [6.07, 6.45) is 0. The van der Waals surface area contributed by atoms with Gasteiger partial charge in [0.25, 0.3) is 0 Å². The summed E-state index contributed by atoms with van der Waals surface area (Å²) in [6.45, 7) is 1.98. The number of alkyl halides is 1. The fourth-order valence-electron chi connectivity index (χ4n) is 0.831. The monoisotopic (exact) mass is 215 g/mol. The summed E-state index contributed by atoms with van der Waals surface area (Å²) in [4.78, 5) is 0. The van der Waals surface area contributed by atoms with Crippen LogP contribution in [0.3, 0.4) is 0 Å². The number of benzene rings is 1. The molecule has 0 bridgehead atoms. The van der Waals surface area contributed by atoms with Gasteiger partial charge in [0.05, 0.1) is 0 Å². The number of hydrogen-bond acceptors (Lipinski definition) is 0. The highest BCUT2D eigenvalue weighted by Gasteiger charge is 2.03. The molecule has 11 heavy (non-hydrogen) atoms. The predicted molar refractivity (Wildman–Crippen MR) is 48.2 cm³/mol. The van der Waals surface area contributed by atoms with E-state index in [4.69, 9.17) is 0 Å². The maximum absolute atomic E-state index is 12.6. The number of hydrogen-bond donors (Lipinski definition) is 0. The molecule has 0 aliphatic rings. The Hall–Kier alpha value is -0.370. The van der Waals surface area contributed by atoms with E-state index in [-0.39, 0.29) is 5.82 Å². The lowest BCUT2D eigenvalue weighted by Crippen LogP contribution is -1.95. The lowest BCUT2D eigenvalue weighted by Gasteiger charge is -2.05. The van der Waals surface area contributed by atoms with Crippen LogP contribution in [-0.4, -0.2) is 5.33 Å². The van der Waals surface area contributed by atoms with E-state index >= 15 is 0 Å². The van der Waals surface area contributed by atoms with Gasteiger partial charge in [0, 0.05) is 11.2 Å². The standard InChI is InChI=1S/C9H9BrF/c1-7(6-10)8-3-2-4-9(11)5-8/h2-5H,6H2,1H3. The molecule has 59 valence electrons. The van der Waals surface area contributed by atoms with Gasteiger partial charge in [-0.25, -0.2) is 4.39 Å². The van der Waals surface area contributed by atoms with Crippen LogP contribution in [0.2, 0.25) is 0 Å². The van der Waals surface area contributed by atoms with Crippen molar-refractivity contribution in [3.05, 3.63) is 41.6 Å². The summed E-state index contributed by atoms with van der Waals surface area (Å²) in [5.74, 6) is 0.965. The molecule has 0 saturated carbocycles. The van der Waals surface area contributed by atoms with Crippen molar-refractivity contribution in [2.45, 2.75) is 6.92 Å². The summed E-state index contributed by atoms with van der Waals surface area (Å²) in [5.41, 5.74) is 0.960. The van der Waals surface area contributed by atoms with Crippen molar-refractivity contribution in [3.8, 4) is 0 Å². The Morgan fingerprint density at radius 2 is 2.27 bits per heavy atom. The first-order chi connectivity index (χ1) is 5.24. The summed E-state index contributed by atoms with van der Waals surface area (Å²) < 4.78 is 12.6. The highest BCUT2D eigenvalue weighted by molar-refractivity contribution is 9.09. The van der Waals surface area contributed by atoms with Crippen molar-refractivity contribution in [1.29, 1.82) is 0 Å². The maximum atomic E-state index is 12.6. The van der Waals surface area contributed by atoms with Crippen LogP contribution in [0.4, 0.5) is 4.39 Å². The van der Waals surface area contributed by atoms with Gasteiger partial charge in [0.2, 0.25) is 0 Å². The third kappa shape index (κ3) is 2.29. The van der Waals surface area contributed by atoms with Gasteiger partial charge in [-0.1, -0.05) is 35.0 Å². The first-order valence-electron chi connectivity index (χ1n) is 3.38. The molecule has 0 spiro atoms. The van der Waals surface area contributed by atoms with Gasteiger partial charge in [-0.3, -0.25) is 0 Å². The van der Waals surface area contributed by atoms with Crippen molar-refractivity contribution >= 4 is 15.9 Å². The van der Waals surface area contributed by atoms with E-state index in [1.165, 1.54) is 12.1 Å². The summed E-state index contributed by atoms with van der Waals surface area (Å²) in [6, 6.07) is 6.61. The molecule has 1 aromatic carbocycles. The average Bonchev–Trinajstić information content (AvgIpc) is 2.03. The van der Waals surface area contributed by atoms with Crippen LogP contribution in [0, 0.1) is 11.7 Å². The fourth-order valence-corrected chi connectivity index (χ4v) is 1.15. The van der Waals surface area contributed by atoms with Gasteiger partial charge in [-0.05, 0) is 17.7 Å². The topological polar surface area (TPSA) is 0 Å². The largest absolute Gasteiger partial charge is 0.207 e. The molecule has 0 aliphatic heterocycles. The van der Waals surface area contributed by atoms with Crippen LogP contribution in [0.15, 0.2) is 24.3 Å². The van der Waals surface area contributed by atoms with Crippen LogP contribution in [-0.2, 0) is 0 Å². The fraction of sp³-hybridized carbons (Fsp3) is 0.222. The molecule has 0 saturated heterocycles. The van der Waals surface area contributed by atoms with Crippen molar-refractivity contribution in [2.24, 2.45) is 0 Å². The Kier molecular flexibility index (Phi) is 3.06. The number of rotatable bonds is 2. The third-order valence-electron chi connectivity index (χ3n) is 1.52. The summed E-state index contributed by atoms with van der Waals surface area (Å²) >= 11 is 3.32. The summed E-state index contributed by atoms with van der Waals surface area (Å²) in [7, 11) is 0. The van der Waals surface area contributed by atoms with Crippen LogP contribution >= 0.6 is 15.9 Å². The molecule has 1 rings (SSSR count). The molecule has 1 radical (unpaired) electrons. The molecule has 2 heteroatoms. The van der Waals surface area contributed by atoms with Crippen molar-refractivity contribution in [2.75, 3.05) is 5.33 Å².